The number of nitrogens with one attached hydrogen (secondary N) is 1. The molecule has 19 nitrogen and oxygen atoms in total. The lowest BCUT2D eigenvalue weighted by molar-refractivity contribution is 0.437. The van der Waals surface area contributed by atoms with Crippen LogP contribution >= 0.6 is 22.7 Å². The Bertz CT molecular complexity index is 4210. The number of nitriles is 1. The van der Waals surface area contributed by atoms with E-state index in [1.807, 2.05) is 27.7 Å². The van der Waals surface area contributed by atoms with Crippen molar-refractivity contribution in [1.29, 1.82) is 5.26 Å². The van der Waals surface area contributed by atoms with Crippen LogP contribution in [0, 0.1) is 71.1 Å². The molecule has 5 N–H and O–H groups in total. The Hall–Kier alpha value is -5.92. The van der Waals surface area contributed by atoms with Gasteiger partial charge in [0.05, 0.1) is 53.0 Å². The summed E-state index contributed by atoms with van der Waals surface area (Å²) in [7, 11) is -18.5. The minimum Gasteiger partial charge on any atom is -0.338 e. The quantitative estimate of drug-likeness (QED) is 0.0384. The molecule has 77 heavy (non-hydrogen) atoms. The van der Waals surface area contributed by atoms with Gasteiger partial charge in [-0.05, 0) is 166 Å². The van der Waals surface area contributed by atoms with Crippen molar-refractivity contribution in [2.75, 3.05) is 5.32 Å². The first kappa shape index (κ1) is 57.3. The molecule has 1 aliphatic rings. The van der Waals surface area contributed by atoms with Crippen molar-refractivity contribution in [1.82, 2.24) is 15.0 Å². The van der Waals surface area contributed by atoms with E-state index in [4.69, 9.17) is 25.2 Å². The zero-order valence-electron chi connectivity index (χ0n) is 43.6. The van der Waals surface area contributed by atoms with Gasteiger partial charge in [-0.25, -0.2) is 15.0 Å². The summed E-state index contributed by atoms with van der Waals surface area (Å²) in [6.45, 7) is 19.5. The number of nitrogens with zero attached hydrogens (tertiary/aromatic N) is 6. The maximum Gasteiger partial charge on any atom is 0.295 e. The highest BCUT2D eigenvalue weighted by atomic mass is 32.2. The molecule has 0 amide bonds. The first-order valence-electron chi connectivity index (χ1n) is 23.8. The number of hydrogen-bond donors (Lipinski definition) is 5. The maximum absolute atomic E-state index is 12.9. The Morgan fingerprint density at radius 1 is 0.675 bits per heavy atom. The Morgan fingerprint density at radius 2 is 1.22 bits per heavy atom. The van der Waals surface area contributed by atoms with Gasteiger partial charge in [0, 0.05) is 17.3 Å². The number of aryl methyl sites for hydroxylation is 6. The fraction of sp³-hybridized carbons (Fsp3) is 0.346. The van der Waals surface area contributed by atoms with E-state index in [2.05, 4.69) is 11.4 Å². The lowest BCUT2D eigenvalue weighted by atomic mass is 9.79. The van der Waals surface area contributed by atoms with Gasteiger partial charge in [-0.3, -0.25) is 18.2 Å². The predicted molar refractivity (Wildman–Crippen MR) is 295 cm³/mol. The Balaban J connectivity index is 1.29. The lowest BCUT2D eigenvalue weighted by Crippen LogP contribution is -2.23. The third-order valence-electron chi connectivity index (χ3n) is 13.9. The number of anilines is 2. The zero-order valence-corrected chi connectivity index (χ0v) is 48.5. The minimum atomic E-state index is -4.73. The SMILES string of the molecule is CC1=C(C(C)(C)C)C(C#N)C(N=Nc2c(C)cc(CC[C@@H](c3nc4ccc(S(=O)(=O)O)cc4s3)c3c(C)cc(C)c(S(=O)(=O)O)c3C)nc2Nc2c(C)cc(C)c(S(=O)(=O)O)c2C)C1c1nc2ccc(S(=O)(=O)O)cc2s1. The number of pyridine rings is 1. The van der Waals surface area contributed by atoms with Crippen molar-refractivity contribution in [2.24, 2.45) is 21.6 Å². The third-order valence-corrected chi connectivity index (χ3v) is 20.2. The zero-order chi connectivity index (χ0) is 56.8. The second-order valence-electron chi connectivity index (χ2n) is 20.5. The number of benzene rings is 4. The van der Waals surface area contributed by atoms with Crippen molar-refractivity contribution in [3.63, 3.8) is 0 Å². The number of aromatic nitrogens is 3. The molecule has 25 heteroatoms. The van der Waals surface area contributed by atoms with Gasteiger partial charge in [0.1, 0.15) is 26.6 Å². The number of hydrogen-bond acceptors (Lipinski definition) is 17. The van der Waals surface area contributed by atoms with E-state index in [0.29, 0.717) is 75.2 Å². The Morgan fingerprint density at radius 3 is 1.77 bits per heavy atom. The molecule has 4 aromatic carbocycles. The Kier molecular flexibility index (Phi) is 15.2. The van der Waals surface area contributed by atoms with Crippen LogP contribution in [0.15, 0.2) is 95.6 Å². The first-order chi connectivity index (χ1) is 35.6. The molecule has 406 valence electrons. The molecule has 0 saturated heterocycles. The normalized spacial score (nSPS) is 17.2. The van der Waals surface area contributed by atoms with E-state index >= 15 is 0 Å². The van der Waals surface area contributed by atoms with Crippen molar-refractivity contribution in [3.05, 3.63) is 126 Å². The van der Waals surface area contributed by atoms with E-state index < -0.39 is 69.7 Å². The summed E-state index contributed by atoms with van der Waals surface area (Å²) < 4.78 is 141. The number of thiazole rings is 2. The van der Waals surface area contributed by atoms with Crippen LogP contribution in [0.25, 0.3) is 20.4 Å². The van der Waals surface area contributed by atoms with Crippen molar-refractivity contribution in [3.8, 4) is 6.07 Å². The van der Waals surface area contributed by atoms with Gasteiger partial charge in [-0.1, -0.05) is 38.5 Å². The summed E-state index contributed by atoms with van der Waals surface area (Å²) in [5.74, 6) is -1.98. The second-order valence-corrected chi connectivity index (χ2v) is 28.1. The second kappa shape index (κ2) is 20.4. The molecular weight excluding hydrogens is 1110 g/mol. The standard InChI is InChI=1S/C52H55N7O12S6/c1-24-18-27(4)47(76(66,67)68)30(7)41(24)35(50-55-37-16-13-33(74(60,61)62)21-39(37)72-50)15-12-32-20-26(3)45(49(54-32)57-44-25(2)19-28(5)48(31(44)8)77(69,70)71)58-59-46-36(23-53)43(52(9,10)11)29(6)42(46)51-56-38-17-14-34(75(63,64)65)22-40(38)73-51/h13-14,16-22,35-36,42,46H,12,15H2,1-11H3,(H,54,57)(H,60,61,62)(H,63,64,65)(H,66,67,68)(H,69,70,71)/t35-,36?,42?,46?/m1/s1. The van der Waals surface area contributed by atoms with Crippen LogP contribution in [0.5, 0.6) is 0 Å². The number of fused-ring (bicyclic) bond motifs is 2. The highest BCUT2D eigenvalue weighted by Gasteiger charge is 2.47. The fourth-order valence-corrected chi connectivity index (χ4v) is 16.5. The van der Waals surface area contributed by atoms with Gasteiger partial charge in [0.2, 0.25) is 0 Å². The highest BCUT2D eigenvalue weighted by molar-refractivity contribution is 7.86. The summed E-state index contributed by atoms with van der Waals surface area (Å²) in [5.41, 5.74) is 6.45. The van der Waals surface area contributed by atoms with E-state index in [1.54, 1.807) is 59.7 Å². The number of rotatable bonds is 14. The van der Waals surface area contributed by atoms with Gasteiger partial charge >= 0.3 is 0 Å². The first-order valence-corrected chi connectivity index (χ1v) is 31.2. The molecule has 0 bridgehead atoms. The smallest absolute Gasteiger partial charge is 0.295 e. The molecule has 7 aromatic rings. The lowest BCUT2D eigenvalue weighted by Gasteiger charge is -2.25. The highest BCUT2D eigenvalue weighted by Crippen LogP contribution is 2.53. The average Bonchev–Trinajstić information content (AvgIpc) is 4.05. The molecule has 0 saturated carbocycles. The molecule has 8 rings (SSSR count). The predicted octanol–water partition coefficient (Wildman–Crippen LogP) is 11.7. The molecule has 3 aromatic heterocycles. The van der Waals surface area contributed by atoms with Crippen LogP contribution < -0.4 is 5.32 Å². The minimum absolute atomic E-state index is 0.118. The van der Waals surface area contributed by atoms with Crippen molar-refractivity contribution in [2.45, 2.75) is 126 Å². The van der Waals surface area contributed by atoms with Gasteiger partial charge in [-0.15, -0.1) is 22.7 Å². The molecule has 0 aliphatic heterocycles. The third kappa shape index (κ3) is 11.2. The molecule has 0 spiro atoms. The molecule has 3 unspecified atom stereocenters. The van der Waals surface area contributed by atoms with Crippen LogP contribution in [-0.4, -0.2) is 72.9 Å². The van der Waals surface area contributed by atoms with Crippen LogP contribution in [0.4, 0.5) is 17.2 Å². The fourth-order valence-electron chi connectivity index (χ4n) is 11.0. The van der Waals surface area contributed by atoms with Crippen molar-refractivity contribution < 1.29 is 51.9 Å². The molecule has 4 atom stereocenters. The van der Waals surface area contributed by atoms with Gasteiger partial charge in [0.15, 0.2) is 5.82 Å². The van der Waals surface area contributed by atoms with E-state index in [0.717, 1.165) is 22.5 Å². The molecule has 0 fully saturated rings. The monoisotopic (exact) mass is 1160 g/mol. The summed E-state index contributed by atoms with van der Waals surface area (Å²) in [4.78, 5) is 13.6. The van der Waals surface area contributed by atoms with E-state index in [-0.39, 0.29) is 55.1 Å². The van der Waals surface area contributed by atoms with Gasteiger partial charge < -0.3 is 5.32 Å². The molecular formula is C52H55N7O12S6. The van der Waals surface area contributed by atoms with Gasteiger partial charge in [-0.2, -0.15) is 49.2 Å². The number of azo groups is 1. The summed E-state index contributed by atoms with van der Waals surface area (Å²) in [6, 6.07) is 14.7. The van der Waals surface area contributed by atoms with Crippen LogP contribution in [0.1, 0.15) is 106 Å². The topological polar surface area (TPSA) is 317 Å². The molecule has 1 aliphatic carbocycles. The molecule has 0 radical (unpaired) electrons. The summed E-state index contributed by atoms with van der Waals surface area (Å²) >= 11 is 2.35. The van der Waals surface area contributed by atoms with Crippen LogP contribution in [0.3, 0.4) is 0 Å². The van der Waals surface area contributed by atoms with Crippen molar-refractivity contribution >= 4 is 101 Å². The average molecular weight is 1160 g/mol. The van der Waals surface area contributed by atoms with Gasteiger partial charge in [0.25, 0.3) is 40.5 Å². The largest absolute Gasteiger partial charge is 0.338 e. The van der Waals surface area contributed by atoms with E-state index in [1.165, 1.54) is 54.7 Å². The molecule has 3 heterocycles. The van der Waals surface area contributed by atoms with Crippen LogP contribution in [0.2, 0.25) is 0 Å². The summed E-state index contributed by atoms with van der Waals surface area (Å²) in [5, 5.41) is 25.1. The Labute approximate surface area is 455 Å². The van der Waals surface area contributed by atoms with Crippen LogP contribution in [-0.2, 0) is 46.9 Å². The maximum atomic E-state index is 12.9. The van der Waals surface area contributed by atoms with E-state index in [9.17, 15) is 57.1 Å². The summed E-state index contributed by atoms with van der Waals surface area (Å²) in [6.07, 6.45) is 0.390.